The summed E-state index contributed by atoms with van der Waals surface area (Å²) in [6, 6.07) is 3.81. The van der Waals surface area contributed by atoms with Crippen molar-refractivity contribution in [3.05, 3.63) is 23.3 Å². The molecule has 0 aliphatic carbocycles. The summed E-state index contributed by atoms with van der Waals surface area (Å²) in [6.07, 6.45) is 1.73. The molecule has 0 saturated carbocycles. The Bertz CT molecular complexity index is 409. The lowest BCUT2D eigenvalue weighted by atomic mass is 10.0. The highest BCUT2D eigenvalue weighted by Gasteiger charge is 2.16. The van der Waals surface area contributed by atoms with Crippen LogP contribution in [0.25, 0.3) is 0 Å². The van der Waals surface area contributed by atoms with Crippen LogP contribution in [0.2, 0.25) is 0 Å². The second-order valence-electron chi connectivity index (χ2n) is 4.47. The Balaban J connectivity index is 2.95. The third kappa shape index (κ3) is 2.99. The molecule has 0 heterocycles. The van der Waals surface area contributed by atoms with Gasteiger partial charge in [0.1, 0.15) is 0 Å². The molecule has 0 bridgehead atoms. The van der Waals surface area contributed by atoms with Crippen molar-refractivity contribution < 1.29 is 4.79 Å². The molecular weight excluding hydrogens is 212 g/mol. The summed E-state index contributed by atoms with van der Waals surface area (Å²) in [5.74, 6) is 0.169. The molecular formula is C14H22N2O. The minimum atomic E-state index is 0.0789. The molecule has 3 N–H and O–H groups in total. The van der Waals surface area contributed by atoms with Gasteiger partial charge in [0.05, 0.1) is 0 Å². The van der Waals surface area contributed by atoms with Crippen molar-refractivity contribution in [2.45, 2.75) is 40.5 Å². The first-order chi connectivity index (χ1) is 8.01. The van der Waals surface area contributed by atoms with Gasteiger partial charge < -0.3 is 11.1 Å². The van der Waals surface area contributed by atoms with Gasteiger partial charge >= 0.3 is 0 Å². The van der Waals surface area contributed by atoms with Crippen LogP contribution in [0.15, 0.2) is 12.1 Å². The highest BCUT2D eigenvalue weighted by Crippen LogP contribution is 2.26. The Kier molecular flexibility index (Phi) is 4.55. The van der Waals surface area contributed by atoms with E-state index in [4.69, 9.17) is 5.73 Å². The molecule has 1 amide bonds. The molecule has 0 spiro atoms. The van der Waals surface area contributed by atoms with Gasteiger partial charge in [0.2, 0.25) is 5.91 Å². The van der Waals surface area contributed by atoms with E-state index < -0.39 is 0 Å². The molecule has 0 aliphatic heterocycles. The topological polar surface area (TPSA) is 55.1 Å². The number of anilines is 2. The van der Waals surface area contributed by atoms with Gasteiger partial charge in [-0.05, 0) is 43.9 Å². The number of amides is 1. The van der Waals surface area contributed by atoms with Crippen LogP contribution >= 0.6 is 0 Å². The zero-order valence-corrected chi connectivity index (χ0v) is 11.1. The van der Waals surface area contributed by atoms with Crippen molar-refractivity contribution in [1.82, 2.24) is 0 Å². The number of hydrogen-bond donors (Lipinski definition) is 2. The largest absolute Gasteiger partial charge is 0.398 e. The van der Waals surface area contributed by atoms with E-state index in [1.54, 1.807) is 0 Å². The van der Waals surface area contributed by atoms with Gasteiger partial charge in [-0.15, -0.1) is 0 Å². The van der Waals surface area contributed by atoms with Crippen molar-refractivity contribution in [3.63, 3.8) is 0 Å². The van der Waals surface area contributed by atoms with Crippen molar-refractivity contribution in [3.8, 4) is 0 Å². The molecule has 0 radical (unpaired) electrons. The fraction of sp³-hybridized carbons (Fsp3) is 0.500. The standard InChI is InChI=1S/C14H22N2O/c1-5-11(6-2)14(17)16-13-9(3)7-8-12(15)10(13)4/h7-8,11H,5-6,15H2,1-4H3,(H,16,17). The first-order valence-corrected chi connectivity index (χ1v) is 6.17. The summed E-state index contributed by atoms with van der Waals surface area (Å²) in [6.45, 7) is 7.99. The van der Waals surface area contributed by atoms with Crippen LogP contribution in [0.4, 0.5) is 11.4 Å². The van der Waals surface area contributed by atoms with Gasteiger partial charge in [-0.25, -0.2) is 0 Å². The Morgan fingerprint density at radius 1 is 1.29 bits per heavy atom. The maximum atomic E-state index is 12.0. The summed E-state index contributed by atoms with van der Waals surface area (Å²) < 4.78 is 0. The summed E-state index contributed by atoms with van der Waals surface area (Å²) in [5, 5.41) is 3.00. The van der Waals surface area contributed by atoms with E-state index >= 15 is 0 Å². The van der Waals surface area contributed by atoms with Crippen LogP contribution in [0.1, 0.15) is 37.8 Å². The van der Waals surface area contributed by atoms with Gasteiger partial charge in [-0.1, -0.05) is 19.9 Å². The number of carbonyl (C=O) groups excluding carboxylic acids is 1. The average molecular weight is 234 g/mol. The summed E-state index contributed by atoms with van der Waals surface area (Å²) in [5.41, 5.74) is 9.44. The predicted molar refractivity (Wildman–Crippen MR) is 73.0 cm³/mol. The fourth-order valence-electron chi connectivity index (χ4n) is 1.94. The summed E-state index contributed by atoms with van der Waals surface area (Å²) in [4.78, 5) is 12.0. The number of hydrogen-bond acceptors (Lipinski definition) is 2. The van der Waals surface area contributed by atoms with Gasteiger partial charge in [-0.3, -0.25) is 4.79 Å². The first-order valence-electron chi connectivity index (χ1n) is 6.17. The number of nitrogens with one attached hydrogen (secondary N) is 1. The minimum absolute atomic E-state index is 0.0789. The van der Waals surface area contributed by atoms with E-state index in [0.717, 1.165) is 35.3 Å². The number of aryl methyl sites for hydroxylation is 1. The van der Waals surface area contributed by atoms with Crippen LogP contribution in [0.3, 0.4) is 0 Å². The lowest BCUT2D eigenvalue weighted by Crippen LogP contribution is -2.22. The molecule has 0 aromatic heterocycles. The number of nitrogens with two attached hydrogens (primary N) is 1. The monoisotopic (exact) mass is 234 g/mol. The van der Waals surface area contributed by atoms with E-state index in [2.05, 4.69) is 5.32 Å². The van der Waals surface area contributed by atoms with Gasteiger partial charge in [0.25, 0.3) is 0 Å². The highest BCUT2D eigenvalue weighted by molar-refractivity contribution is 5.94. The number of nitrogen functional groups attached to an aromatic ring is 1. The molecule has 3 heteroatoms. The molecule has 0 atom stereocenters. The van der Waals surface area contributed by atoms with Gasteiger partial charge in [0, 0.05) is 17.3 Å². The second-order valence-corrected chi connectivity index (χ2v) is 4.47. The van der Waals surface area contributed by atoms with Gasteiger partial charge in [0.15, 0.2) is 0 Å². The van der Waals surface area contributed by atoms with Crippen molar-refractivity contribution in [1.29, 1.82) is 0 Å². The molecule has 1 aromatic carbocycles. The molecule has 3 nitrogen and oxygen atoms in total. The molecule has 0 unspecified atom stereocenters. The number of benzene rings is 1. The third-order valence-electron chi connectivity index (χ3n) is 3.32. The van der Waals surface area contributed by atoms with Crippen LogP contribution in [0.5, 0.6) is 0 Å². The molecule has 0 fully saturated rings. The quantitative estimate of drug-likeness (QED) is 0.786. The van der Waals surface area contributed by atoms with Crippen molar-refractivity contribution in [2.75, 3.05) is 11.1 Å². The van der Waals surface area contributed by atoms with Crippen molar-refractivity contribution in [2.24, 2.45) is 5.92 Å². The third-order valence-corrected chi connectivity index (χ3v) is 3.32. The van der Waals surface area contributed by atoms with Crippen LogP contribution < -0.4 is 11.1 Å². The van der Waals surface area contributed by atoms with E-state index in [1.807, 2.05) is 39.8 Å². The minimum Gasteiger partial charge on any atom is -0.398 e. The van der Waals surface area contributed by atoms with Crippen LogP contribution in [-0.2, 0) is 4.79 Å². The summed E-state index contributed by atoms with van der Waals surface area (Å²) in [7, 11) is 0. The van der Waals surface area contributed by atoms with Gasteiger partial charge in [-0.2, -0.15) is 0 Å². The average Bonchev–Trinajstić information content (AvgIpc) is 2.31. The molecule has 0 saturated heterocycles. The Morgan fingerprint density at radius 3 is 2.41 bits per heavy atom. The molecule has 94 valence electrons. The van der Waals surface area contributed by atoms with E-state index in [-0.39, 0.29) is 11.8 Å². The smallest absolute Gasteiger partial charge is 0.227 e. The summed E-state index contributed by atoms with van der Waals surface area (Å²) >= 11 is 0. The SMILES string of the molecule is CCC(CC)C(=O)Nc1c(C)ccc(N)c1C. The maximum absolute atomic E-state index is 12.0. The number of carbonyl (C=O) groups is 1. The van der Waals surface area contributed by atoms with Crippen LogP contribution in [-0.4, -0.2) is 5.91 Å². The lowest BCUT2D eigenvalue weighted by Gasteiger charge is -2.17. The Morgan fingerprint density at radius 2 is 1.88 bits per heavy atom. The Labute approximate surface area is 103 Å². The molecule has 0 aliphatic rings. The van der Waals surface area contributed by atoms with E-state index in [1.165, 1.54) is 0 Å². The zero-order chi connectivity index (χ0) is 13.0. The fourth-order valence-corrected chi connectivity index (χ4v) is 1.94. The molecule has 17 heavy (non-hydrogen) atoms. The first kappa shape index (κ1) is 13.6. The van der Waals surface area contributed by atoms with E-state index in [0.29, 0.717) is 0 Å². The zero-order valence-electron chi connectivity index (χ0n) is 11.1. The van der Waals surface area contributed by atoms with Crippen molar-refractivity contribution >= 4 is 17.3 Å². The lowest BCUT2D eigenvalue weighted by molar-refractivity contribution is -0.120. The molecule has 1 rings (SSSR count). The predicted octanol–water partition coefficient (Wildman–Crippen LogP) is 3.26. The maximum Gasteiger partial charge on any atom is 0.227 e. The molecule has 1 aromatic rings. The number of rotatable bonds is 4. The normalized spacial score (nSPS) is 10.6. The second kappa shape index (κ2) is 5.71. The Hall–Kier alpha value is -1.51. The van der Waals surface area contributed by atoms with E-state index in [9.17, 15) is 4.79 Å². The highest BCUT2D eigenvalue weighted by atomic mass is 16.1. The van der Waals surface area contributed by atoms with Crippen LogP contribution in [0, 0.1) is 19.8 Å².